The van der Waals surface area contributed by atoms with Crippen molar-refractivity contribution in [3.63, 3.8) is 0 Å². The summed E-state index contributed by atoms with van der Waals surface area (Å²) in [5, 5.41) is 0. The van der Waals surface area contributed by atoms with Crippen LogP contribution >= 0.6 is 0 Å². The van der Waals surface area contributed by atoms with Gasteiger partial charge >= 0.3 is 11.9 Å². The lowest BCUT2D eigenvalue weighted by molar-refractivity contribution is -0.143. The van der Waals surface area contributed by atoms with Gasteiger partial charge < -0.3 is 9.47 Å². The van der Waals surface area contributed by atoms with E-state index in [4.69, 9.17) is 0 Å². The summed E-state index contributed by atoms with van der Waals surface area (Å²) < 4.78 is 9.08. The van der Waals surface area contributed by atoms with Gasteiger partial charge in [0.05, 0.1) is 14.2 Å². The molecule has 0 aliphatic rings. The molecule has 1 rings (SSSR count). The van der Waals surface area contributed by atoms with Gasteiger partial charge in [-0.05, 0) is 24.1 Å². The Morgan fingerprint density at radius 2 is 1.59 bits per heavy atom. The molecule has 0 bridgehead atoms. The van der Waals surface area contributed by atoms with E-state index in [0.717, 1.165) is 11.1 Å². The van der Waals surface area contributed by atoms with Crippen molar-refractivity contribution < 1.29 is 19.1 Å². The highest BCUT2D eigenvalue weighted by Gasteiger charge is 2.19. The van der Waals surface area contributed by atoms with E-state index in [1.165, 1.54) is 20.3 Å². The molecular formula is C13H14O4. The molecule has 0 saturated heterocycles. The Bertz CT molecular complexity index is 442. The maximum atomic E-state index is 11.4. The van der Waals surface area contributed by atoms with Crippen LogP contribution in [-0.2, 0) is 19.1 Å². The van der Waals surface area contributed by atoms with Gasteiger partial charge in [0.1, 0.15) is 5.57 Å². The summed E-state index contributed by atoms with van der Waals surface area (Å²) >= 11 is 0. The smallest absolute Gasteiger partial charge is 0.345 e. The first kappa shape index (κ1) is 13.0. The molecule has 17 heavy (non-hydrogen) atoms. The fourth-order valence-electron chi connectivity index (χ4n) is 1.33. The van der Waals surface area contributed by atoms with E-state index in [1.807, 2.05) is 25.1 Å². The molecule has 1 aromatic rings. The lowest BCUT2D eigenvalue weighted by atomic mass is 10.1. The lowest BCUT2D eigenvalue weighted by Crippen LogP contribution is -2.15. The topological polar surface area (TPSA) is 52.6 Å². The number of carbonyl (C=O) groups excluding carboxylic acids is 2. The fourth-order valence-corrected chi connectivity index (χ4v) is 1.33. The number of esters is 2. The second-order valence-corrected chi connectivity index (χ2v) is 3.40. The van der Waals surface area contributed by atoms with Gasteiger partial charge in [-0.2, -0.15) is 0 Å². The highest BCUT2D eigenvalue weighted by Crippen LogP contribution is 2.13. The Hall–Kier alpha value is -2.10. The Balaban J connectivity index is 3.19. The van der Waals surface area contributed by atoms with Gasteiger partial charge in [-0.25, -0.2) is 9.59 Å². The van der Waals surface area contributed by atoms with E-state index in [1.54, 1.807) is 6.07 Å². The standard InChI is InChI=1S/C13H14O4/c1-9-6-4-5-7-10(9)8-11(12(14)16-2)13(15)17-3/h4-8H,1-3H3. The summed E-state index contributed by atoms with van der Waals surface area (Å²) in [6.45, 7) is 1.89. The van der Waals surface area contributed by atoms with Crippen molar-refractivity contribution in [3.05, 3.63) is 41.0 Å². The van der Waals surface area contributed by atoms with E-state index < -0.39 is 11.9 Å². The number of methoxy groups -OCH3 is 2. The van der Waals surface area contributed by atoms with Crippen LogP contribution in [-0.4, -0.2) is 26.2 Å². The van der Waals surface area contributed by atoms with Crippen LogP contribution in [0.4, 0.5) is 0 Å². The summed E-state index contributed by atoms with van der Waals surface area (Å²) in [6, 6.07) is 7.40. The molecule has 0 unspecified atom stereocenters. The molecule has 0 atom stereocenters. The number of hydrogen-bond acceptors (Lipinski definition) is 4. The van der Waals surface area contributed by atoms with Crippen LogP contribution in [0.15, 0.2) is 29.8 Å². The molecule has 0 heterocycles. The van der Waals surface area contributed by atoms with Crippen LogP contribution in [0.5, 0.6) is 0 Å². The number of carbonyl (C=O) groups is 2. The van der Waals surface area contributed by atoms with Crippen molar-refractivity contribution in [1.29, 1.82) is 0 Å². The minimum absolute atomic E-state index is 0.121. The van der Waals surface area contributed by atoms with Crippen LogP contribution in [0.2, 0.25) is 0 Å². The molecule has 0 spiro atoms. The molecule has 0 aromatic heterocycles. The van der Waals surface area contributed by atoms with E-state index >= 15 is 0 Å². The van der Waals surface area contributed by atoms with Crippen molar-refractivity contribution in [2.75, 3.05) is 14.2 Å². The number of rotatable bonds is 3. The van der Waals surface area contributed by atoms with Crippen molar-refractivity contribution in [3.8, 4) is 0 Å². The first-order chi connectivity index (χ1) is 8.10. The second kappa shape index (κ2) is 5.84. The van der Waals surface area contributed by atoms with Gasteiger partial charge in [-0.3, -0.25) is 0 Å². The quantitative estimate of drug-likeness (QED) is 0.346. The van der Waals surface area contributed by atoms with Gasteiger partial charge in [-0.1, -0.05) is 24.3 Å². The maximum absolute atomic E-state index is 11.4. The zero-order chi connectivity index (χ0) is 12.8. The molecule has 0 aliphatic heterocycles. The monoisotopic (exact) mass is 234 g/mol. The van der Waals surface area contributed by atoms with Gasteiger partial charge in [0, 0.05) is 0 Å². The molecule has 0 N–H and O–H groups in total. The van der Waals surface area contributed by atoms with Crippen LogP contribution in [0.25, 0.3) is 6.08 Å². The average molecular weight is 234 g/mol. The number of ether oxygens (including phenoxy) is 2. The normalized spacial score (nSPS) is 9.35. The fraction of sp³-hybridized carbons (Fsp3) is 0.231. The molecule has 0 amide bonds. The highest BCUT2D eigenvalue weighted by atomic mass is 16.5. The van der Waals surface area contributed by atoms with Crippen LogP contribution in [0.3, 0.4) is 0 Å². The molecule has 90 valence electrons. The van der Waals surface area contributed by atoms with E-state index in [2.05, 4.69) is 9.47 Å². The summed E-state index contributed by atoms with van der Waals surface area (Å²) in [7, 11) is 2.44. The van der Waals surface area contributed by atoms with Crippen molar-refractivity contribution in [1.82, 2.24) is 0 Å². The Kier molecular flexibility index (Phi) is 4.46. The summed E-state index contributed by atoms with van der Waals surface area (Å²) in [5.74, 6) is -1.42. The molecule has 0 fully saturated rings. The molecule has 4 nitrogen and oxygen atoms in total. The van der Waals surface area contributed by atoms with Gasteiger partial charge in [0.2, 0.25) is 0 Å². The maximum Gasteiger partial charge on any atom is 0.345 e. The predicted molar refractivity (Wildman–Crippen MR) is 63.2 cm³/mol. The Labute approximate surface area is 99.8 Å². The third-order valence-electron chi connectivity index (χ3n) is 2.30. The van der Waals surface area contributed by atoms with E-state index in [0.29, 0.717) is 0 Å². The molecule has 1 aromatic carbocycles. The molecule has 0 radical (unpaired) electrons. The first-order valence-electron chi connectivity index (χ1n) is 5.04. The van der Waals surface area contributed by atoms with Gasteiger partial charge in [0.25, 0.3) is 0 Å². The van der Waals surface area contributed by atoms with E-state index in [9.17, 15) is 9.59 Å². The first-order valence-corrected chi connectivity index (χ1v) is 5.04. The Morgan fingerprint density at radius 1 is 1.06 bits per heavy atom. The Morgan fingerprint density at radius 3 is 2.06 bits per heavy atom. The minimum Gasteiger partial charge on any atom is -0.465 e. The van der Waals surface area contributed by atoms with Crippen molar-refractivity contribution in [2.45, 2.75) is 6.92 Å². The van der Waals surface area contributed by atoms with Crippen LogP contribution in [0.1, 0.15) is 11.1 Å². The highest BCUT2D eigenvalue weighted by molar-refractivity contribution is 6.17. The number of hydrogen-bond donors (Lipinski definition) is 0. The van der Waals surface area contributed by atoms with Crippen molar-refractivity contribution >= 4 is 18.0 Å². The average Bonchev–Trinajstić information content (AvgIpc) is 2.36. The molecule has 0 aliphatic carbocycles. The van der Waals surface area contributed by atoms with E-state index in [-0.39, 0.29) is 5.57 Å². The molecule has 0 saturated carbocycles. The minimum atomic E-state index is -0.708. The SMILES string of the molecule is COC(=O)C(=Cc1ccccc1C)C(=O)OC. The van der Waals surface area contributed by atoms with Crippen LogP contribution < -0.4 is 0 Å². The van der Waals surface area contributed by atoms with Gasteiger partial charge in [0.15, 0.2) is 0 Å². The zero-order valence-corrected chi connectivity index (χ0v) is 10.0. The number of benzene rings is 1. The zero-order valence-electron chi connectivity index (χ0n) is 10.0. The largest absolute Gasteiger partial charge is 0.465 e. The third-order valence-corrected chi connectivity index (χ3v) is 2.30. The van der Waals surface area contributed by atoms with Crippen LogP contribution in [0, 0.1) is 6.92 Å². The third kappa shape index (κ3) is 3.17. The van der Waals surface area contributed by atoms with Crippen molar-refractivity contribution in [2.24, 2.45) is 0 Å². The molecular weight excluding hydrogens is 220 g/mol. The summed E-state index contributed by atoms with van der Waals surface area (Å²) in [5.41, 5.74) is 1.61. The molecule has 4 heteroatoms. The summed E-state index contributed by atoms with van der Waals surface area (Å²) in [6.07, 6.45) is 1.47. The van der Waals surface area contributed by atoms with Gasteiger partial charge in [-0.15, -0.1) is 0 Å². The number of aryl methyl sites for hydroxylation is 1. The lowest BCUT2D eigenvalue weighted by Gasteiger charge is -2.05. The second-order valence-electron chi connectivity index (χ2n) is 3.40. The predicted octanol–water partition coefficient (Wildman–Crippen LogP) is 1.72. The summed E-state index contributed by atoms with van der Waals surface area (Å²) in [4.78, 5) is 22.9.